The molecule has 1 fully saturated rings. The van der Waals surface area contributed by atoms with Crippen molar-refractivity contribution in [2.24, 2.45) is 16.8 Å². The van der Waals surface area contributed by atoms with Gasteiger partial charge < -0.3 is 25.2 Å². The quantitative estimate of drug-likeness (QED) is 0.242. The highest BCUT2D eigenvalue weighted by molar-refractivity contribution is 14.0. The lowest BCUT2D eigenvalue weighted by atomic mass is 10.1. The number of halogens is 1. The molecule has 1 heterocycles. The van der Waals surface area contributed by atoms with Crippen LogP contribution in [0.15, 0.2) is 29.3 Å². The van der Waals surface area contributed by atoms with E-state index in [1.807, 2.05) is 0 Å². The molecule has 6 nitrogen and oxygen atoms in total. The van der Waals surface area contributed by atoms with Gasteiger partial charge in [0.15, 0.2) is 5.96 Å². The molecule has 1 saturated heterocycles. The van der Waals surface area contributed by atoms with Gasteiger partial charge in [-0.2, -0.15) is 0 Å². The first kappa shape index (κ1) is 29.0. The summed E-state index contributed by atoms with van der Waals surface area (Å²) in [5.41, 5.74) is 1.23. The van der Waals surface area contributed by atoms with Gasteiger partial charge in [0.1, 0.15) is 5.75 Å². The molecule has 2 unspecified atom stereocenters. The topological polar surface area (TPSA) is 52.1 Å². The number of aliphatic imine (C=N–C) groups is 1. The van der Waals surface area contributed by atoms with Crippen LogP contribution in [0.1, 0.15) is 53.1 Å². The van der Waals surface area contributed by atoms with Crippen LogP contribution in [-0.2, 0) is 0 Å². The summed E-state index contributed by atoms with van der Waals surface area (Å²) < 4.78 is 5.80. The van der Waals surface area contributed by atoms with Crippen LogP contribution in [0.2, 0.25) is 0 Å². The molecule has 7 heteroatoms. The van der Waals surface area contributed by atoms with Gasteiger partial charge in [0.25, 0.3) is 0 Å². The van der Waals surface area contributed by atoms with Crippen molar-refractivity contribution in [3.63, 3.8) is 0 Å². The number of guanidine groups is 1. The predicted molar refractivity (Wildman–Crippen MR) is 147 cm³/mol. The second kappa shape index (κ2) is 15.7. The van der Waals surface area contributed by atoms with Crippen molar-refractivity contribution >= 4 is 29.9 Å². The number of nitrogens with one attached hydrogen (secondary N) is 2. The number of benzene rings is 1. The fraction of sp³-hybridized carbons (Fsp3) is 0.720. The molecule has 0 aromatic heterocycles. The molecule has 2 atom stereocenters. The molecule has 0 spiro atoms. The summed E-state index contributed by atoms with van der Waals surface area (Å²) in [5.74, 6) is 2.88. The number of hydrogen-bond acceptors (Lipinski definition) is 4. The molecule has 32 heavy (non-hydrogen) atoms. The number of nitrogens with zero attached hydrogens (tertiary/aromatic N) is 3. The lowest BCUT2D eigenvalue weighted by Gasteiger charge is -2.35. The van der Waals surface area contributed by atoms with Crippen molar-refractivity contribution in [2.45, 2.75) is 47.6 Å². The van der Waals surface area contributed by atoms with Gasteiger partial charge in [0.2, 0.25) is 0 Å². The third-order valence-electron chi connectivity index (χ3n) is 5.70. The summed E-state index contributed by atoms with van der Waals surface area (Å²) >= 11 is 0. The van der Waals surface area contributed by atoms with E-state index in [9.17, 15) is 0 Å². The number of piperazine rings is 1. The van der Waals surface area contributed by atoms with Crippen LogP contribution >= 0.6 is 24.0 Å². The Labute approximate surface area is 213 Å². The Morgan fingerprint density at radius 2 is 1.62 bits per heavy atom. The zero-order valence-electron chi connectivity index (χ0n) is 21.1. The minimum Gasteiger partial charge on any atom is -0.493 e. The number of likely N-dealkylation sites (N-methyl/N-ethyl adjacent to an activating group) is 1. The summed E-state index contributed by atoms with van der Waals surface area (Å²) in [5, 5.41) is 6.95. The summed E-state index contributed by atoms with van der Waals surface area (Å²) in [6.45, 7) is 22.6. The Morgan fingerprint density at radius 3 is 2.19 bits per heavy atom. The molecule has 0 aliphatic carbocycles. The molecular weight excluding hydrogens is 513 g/mol. The van der Waals surface area contributed by atoms with Gasteiger partial charge in [0, 0.05) is 45.8 Å². The molecule has 0 amide bonds. The van der Waals surface area contributed by atoms with Crippen molar-refractivity contribution < 1.29 is 4.74 Å². The third-order valence-corrected chi connectivity index (χ3v) is 5.70. The molecular formula is C25H46IN5O. The maximum Gasteiger partial charge on any atom is 0.191 e. The van der Waals surface area contributed by atoms with Crippen molar-refractivity contribution in [1.82, 2.24) is 20.4 Å². The van der Waals surface area contributed by atoms with E-state index in [4.69, 9.17) is 9.73 Å². The van der Waals surface area contributed by atoms with Gasteiger partial charge in [-0.25, -0.2) is 0 Å². The van der Waals surface area contributed by atoms with Crippen LogP contribution in [0.5, 0.6) is 5.75 Å². The molecule has 1 aromatic rings. The lowest BCUT2D eigenvalue weighted by Crippen LogP contribution is -2.47. The van der Waals surface area contributed by atoms with Crippen molar-refractivity contribution in [3.8, 4) is 5.75 Å². The average molecular weight is 560 g/mol. The zero-order chi connectivity index (χ0) is 22.6. The SMILES string of the molecule is CCNC(=NCC(C)CN1CCN(CC)CC1)NC(C)c1ccc(OCC(C)C)cc1.I. The Hall–Kier alpha value is -1.06. The van der Waals surface area contributed by atoms with Crippen LogP contribution in [0.3, 0.4) is 0 Å². The summed E-state index contributed by atoms with van der Waals surface area (Å²) in [6.07, 6.45) is 0. The fourth-order valence-corrected chi connectivity index (χ4v) is 3.76. The number of hydrogen-bond donors (Lipinski definition) is 2. The minimum absolute atomic E-state index is 0. The van der Waals surface area contributed by atoms with Gasteiger partial charge in [-0.1, -0.05) is 39.8 Å². The lowest BCUT2D eigenvalue weighted by molar-refractivity contribution is 0.125. The first-order chi connectivity index (χ1) is 14.9. The highest BCUT2D eigenvalue weighted by Crippen LogP contribution is 2.18. The second-order valence-electron chi connectivity index (χ2n) is 9.20. The van der Waals surface area contributed by atoms with Crippen molar-refractivity contribution in [2.75, 3.05) is 59.0 Å². The van der Waals surface area contributed by atoms with E-state index in [1.54, 1.807) is 0 Å². The average Bonchev–Trinajstić information content (AvgIpc) is 2.77. The summed E-state index contributed by atoms with van der Waals surface area (Å²) in [7, 11) is 0. The summed E-state index contributed by atoms with van der Waals surface area (Å²) in [4.78, 5) is 9.98. The van der Waals surface area contributed by atoms with Gasteiger partial charge in [0.05, 0.1) is 12.6 Å². The van der Waals surface area contributed by atoms with Gasteiger partial charge in [-0.05, 0) is 49.9 Å². The Bertz CT molecular complexity index is 644. The largest absolute Gasteiger partial charge is 0.493 e. The van der Waals surface area contributed by atoms with Crippen LogP contribution in [0.4, 0.5) is 0 Å². The molecule has 184 valence electrons. The van der Waals surface area contributed by atoms with E-state index < -0.39 is 0 Å². The van der Waals surface area contributed by atoms with E-state index in [0.29, 0.717) is 11.8 Å². The monoisotopic (exact) mass is 559 g/mol. The number of ether oxygens (including phenoxy) is 1. The Kier molecular flexibility index (Phi) is 14.2. The van der Waals surface area contributed by atoms with Gasteiger partial charge in [-0.15, -0.1) is 24.0 Å². The second-order valence-corrected chi connectivity index (χ2v) is 9.20. The minimum atomic E-state index is 0. The van der Waals surface area contributed by atoms with E-state index in [-0.39, 0.29) is 30.0 Å². The molecule has 1 aliphatic rings. The molecule has 2 N–H and O–H groups in total. The van der Waals surface area contributed by atoms with Crippen molar-refractivity contribution in [3.05, 3.63) is 29.8 Å². The summed E-state index contributed by atoms with van der Waals surface area (Å²) in [6, 6.07) is 8.56. The molecule has 0 bridgehead atoms. The first-order valence-electron chi connectivity index (χ1n) is 12.1. The van der Waals surface area contributed by atoms with E-state index in [1.165, 1.54) is 31.7 Å². The normalized spacial score (nSPS) is 17.5. The van der Waals surface area contributed by atoms with E-state index >= 15 is 0 Å². The standard InChI is InChI=1S/C25H45N5O.HI/c1-7-26-25(27-17-21(5)18-30-15-13-29(8-2)14-16-30)28-22(6)23-9-11-24(12-10-23)31-19-20(3)4;/h9-12,20-22H,7-8,13-19H2,1-6H3,(H2,26,27,28);1H. The molecule has 2 rings (SSSR count). The zero-order valence-corrected chi connectivity index (χ0v) is 23.4. The maximum absolute atomic E-state index is 5.80. The van der Waals surface area contributed by atoms with E-state index in [2.05, 4.69) is 86.2 Å². The van der Waals surface area contributed by atoms with E-state index in [0.717, 1.165) is 44.5 Å². The molecule has 1 aliphatic heterocycles. The molecule has 1 aromatic carbocycles. The fourth-order valence-electron chi connectivity index (χ4n) is 3.76. The smallest absolute Gasteiger partial charge is 0.191 e. The highest BCUT2D eigenvalue weighted by atomic mass is 127. The Morgan fingerprint density at radius 1 is 1.00 bits per heavy atom. The first-order valence-corrected chi connectivity index (χ1v) is 12.1. The number of rotatable bonds is 11. The highest BCUT2D eigenvalue weighted by Gasteiger charge is 2.17. The Balaban J connectivity index is 0.00000512. The van der Waals surface area contributed by atoms with Crippen LogP contribution in [0.25, 0.3) is 0 Å². The predicted octanol–water partition coefficient (Wildman–Crippen LogP) is 4.23. The van der Waals surface area contributed by atoms with Crippen LogP contribution in [0, 0.1) is 11.8 Å². The molecule has 0 radical (unpaired) electrons. The molecule has 0 saturated carbocycles. The van der Waals surface area contributed by atoms with Crippen LogP contribution in [-0.4, -0.2) is 74.7 Å². The third kappa shape index (κ3) is 10.7. The van der Waals surface area contributed by atoms with Crippen molar-refractivity contribution in [1.29, 1.82) is 0 Å². The van der Waals surface area contributed by atoms with Crippen LogP contribution < -0.4 is 15.4 Å². The van der Waals surface area contributed by atoms with Gasteiger partial charge >= 0.3 is 0 Å². The van der Waals surface area contributed by atoms with Gasteiger partial charge in [-0.3, -0.25) is 4.99 Å². The maximum atomic E-state index is 5.80.